The first-order valence-corrected chi connectivity index (χ1v) is 4.54. The molecule has 0 radical (unpaired) electrons. The fraction of sp³-hybridized carbons (Fsp3) is 0.250. The highest BCUT2D eigenvalue weighted by Crippen LogP contribution is 2.21. The van der Waals surface area contributed by atoms with Crippen LogP contribution in [0.5, 0.6) is 0 Å². The molecule has 0 atom stereocenters. The molecule has 0 unspecified atom stereocenters. The van der Waals surface area contributed by atoms with Gasteiger partial charge in [0.2, 0.25) is 0 Å². The molecule has 1 aromatic carbocycles. The fourth-order valence-corrected chi connectivity index (χ4v) is 1.22. The van der Waals surface area contributed by atoms with Crippen molar-refractivity contribution in [3.8, 4) is 6.07 Å². The van der Waals surface area contributed by atoms with Gasteiger partial charge < -0.3 is 0 Å². The molecule has 0 N–H and O–H groups in total. The summed E-state index contributed by atoms with van der Waals surface area (Å²) < 4.78 is 13.2. The van der Waals surface area contributed by atoms with Crippen molar-refractivity contribution in [2.24, 2.45) is 0 Å². The molecule has 0 aliphatic carbocycles. The smallest absolute Gasteiger partial charge is 0.103 e. The van der Waals surface area contributed by atoms with Crippen molar-refractivity contribution in [2.75, 3.05) is 0 Å². The van der Waals surface area contributed by atoms with Crippen LogP contribution in [0.3, 0.4) is 0 Å². The molecular weight excluding hydrogens is 177 g/mol. The molecule has 0 saturated carbocycles. The first-order chi connectivity index (χ1) is 6.69. The third-order valence-corrected chi connectivity index (χ3v) is 2.16. The summed E-state index contributed by atoms with van der Waals surface area (Å²) in [4.78, 5) is 0. The average Bonchev–Trinajstić information content (AvgIpc) is 2.27. The molecule has 0 saturated heterocycles. The standard InChI is InChI=1S/C12H12FN/c1-3-12(13)9(2)11-6-4-10(8-14)5-7-11/h4-7H,3H2,1-2H3/b12-9-. The van der Waals surface area contributed by atoms with Crippen molar-refractivity contribution >= 4 is 5.57 Å². The fourth-order valence-electron chi connectivity index (χ4n) is 1.22. The molecule has 1 aromatic rings. The molecule has 72 valence electrons. The summed E-state index contributed by atoms with van der Waals surface area (Å²) in [7, 11) is 0. The Balaban J connectivity index is 3.05. The van der Waals surface area contributed by atoms with Crippen LogP contribution in [0.15, 0.2) is 30.1 Å². The van der Waals surface area contributed by atoms with E-state index in [9.17, 15) is 4.39 Å². The number of nitriles is 1. The van der Waals surface area contributed by atoms with E-state index < -0.39 is 0 Å². The third kappa shape index (κ3) is 2.20. The van der Waals surface area contributed by atoms with Crippen LogP contribution in [0, 0.1) is 11.3 Å². The molecule has 0 aliphatic rings. The average molecular weight is 189 g/mol. The summed E-state index contributed by atoms with van der Waals surface area (Å²) in [6.07, 6.45) is 0.409. The highest BCUT2D eigenvalue weighted by molar-refractivity contribution is 5.65. The minimum absolute atomic E-state index is 0.102. The van der Waals surface area contributed by atoms with E-state index in [0.29, 0.717) is 17.6 Å². The predicted molar refractivity (Wildman–Crippen MR) is 55.2 cm³/mol. The van der Waals surface area contributed by atoms with E-state index in [1.54, 1.807) is 38.1 Å². The van der Waals surface area contributed by atoms with E-state index in [2.05, 4.69) is 0 Å². The minimum atomic E-state index is -0.102. The van der Waals surface area contributed by atoms with Crippen LogP contribution in [0.2, 0.25) is 0 Å². The molecule has 14 heavy (non-hydrogen) atoms. The zero-order valence-electron chi connectivity index (χ0n) is 8.34. The topological polar surface area (TPSA) is 23.8 Å². The summed E-state index contributed by atoms with van der Waals surface area (Å²) in [5, 5.41) is 8.59. The predicted octanol–water partition coefficient (Wildman–Crippen LogP) is 3.67. The van der Waals surface area contributed by atoms with Crippen LogP contribution in [0.4, 0.5) is 4.39 Å². The lowest BCUT2D eigenvalue weighted by molar-refractivity contribution is 0.607. The van der Waals surface area contributed by atoms with E-state index in [4.69, 9.17) is 5.26 Å². The van der Waals surface area contributed by atoms with Gasteiger partial charge in [0.05, 0.1) is 11.6 Å². The SMILES string of the molecule is CC/C(F)=C(\C)c1ccc(C#N)cc1. The Morgan fingerprint density at radius 1 is 1.36 bits per heavy atom. The Labute approximate surface area is 83.5 Å². The Morgan fingerprint density at radius 2 is 1.93 bits per heavy atom. The number of nitrogens with zero attached hydrogens (tertiary/aromatic N) is 1. The Kier molecular flexibility index (Phi) is 3.41. The molecular formula is C12H12FN. The molecule has 0 amide bonds. The van der Waals surface area contributed by atoms with Crippen molar-refractivity contribution in [3.05, 3.63) is 41.2 Å². The molecule has 2 heteroatoms. The van der Waals surface area contributed by atoms with E-state index in [0.717, 1.165) is 5.56 Å². The lowest BCUT2D eigenvalue weighted by atomic mass is 10.0. The van der Waals surface area contributed by atoms with Crippen LogP contribution < -0.4 is 0 Å². The highest BCUT2D eigenvalue weighted by atomic mass is 19.1. The first-order valence-electron chi connectivity index (χ1n) is 4.54. The van der Waals surface area contributed by atoms with Crippen LogP contribution in [0.25, 0.3) is 5.57 Å². The molecule has 0 bridgehead atoms. The van der Waals surface area contributed by atoms with Gasteiger partial charge in [-0.15, -0.1) is 0 Å². The molecule has 0 fully saturated rings. The maximum absolute atomic E-state index is 13.2. The van der Waals surface area contributed by atoms with Crippen LogP contribution in [0.1, 0.15) is 31.4 Å². The number of benzene rings is 1. The number of hydrogen-bond acceptors (Lipinski definition) is 1. The van der Waals surface area contributed by atoms with Crippen molar-refractivity contribution in [2.45, 2.75) is 20.3 Å². The second-order valence-corrected chi connectivity index (χ2v) is 3.07. The normalized spacial score (nSPS) is 11.9. The maximum Gasteiger partial charge on any atom is 0.103 e. The number of allylic oxidation sites excluding steroid dienone is 2. The Hall–Kier alpha value is -1.62. The van der Waals surface area contributed by atoms with Crippen LogP contribution in [-0.2, 0) is 0 Å². The van der Waals surface area contributed by atoms with E-state index in [1.165, 1.54) is 0 Å². The van der Waals surface area contributed by atoms with E-state index in [1.807, 2.05) is 6.07 Å². The Morgan fingerprint density at radius 3 is 2.36 bits per heavy atom. The van der Waals surface area contributed by atoms with Crippen molar-refractivity contribution in [3.63, 3.8) is 0 Å². The molecule has 1 nitrogen and oxygen atoms in total. The zero-order chi connectivity index (χ0) is 10.6. The van der Waals surface area contributed by atoms with Gasteiger partial charge in [0.25, 0.3) is 0 Å². The zero-order valence-corrected chi connectivity index (χ0v) is 8.34. The van der Waals surface area contributed by atoms with Gasteiger partial charge in [0, 0.05) is 0 Å². The number of hydrogen-bond donors (Lipinski definition) is 0. The number of rotatable bonds is 2. The summed E-state index contributed by atoms with van der Waals surface area (Å²) in [5.41, 5.74) is 2.08. The Bertz CT molecular complexity index is 382. The summed E-state index contributed by atoms with van der Waals surface area (Å²) in [5.74, 6) is -0.102. The van der Waals surface area contributed by atoms with Gasteiger partial charge in [0.1, 0.15) is 5.83 Å². The molecule has 0 heterocycles. The quantitative estimate of drug-likeness (QED) is 0.696. The van der Waals surface area contributed by atoms with Gasteiger partial charge in [-0.25, -0.2) is 4.39 Å². The second-order valence-electron chi connectivity index (χ2n) is 3.07. The monoisotopic (exact) mass is 189 g/mol. The van der Waals surface area contributed by atoms with Gasteiger partial charge in [-0.2, -0.15) is 5.26 Å². The molecule has 0 spiro atoms. The number of halogens is 1. The van der Waals surface area contributed by atoms with Crippen molar-refractivity contribution < 1.29 is 4.39 Å². The summed E-state index contributed by atoms with van der Waals surface area (Å²) >= 11 is 0. The minimum Gasteiger partial charge on any atom is -0.212 e. The summed E-state index contributed by atoms with van der Waals surface area (Å²) in [6, 6.07) is 8.95. The maximum atomic E-state index is 13.2. The third-order valence-electron chi connectivity index (χ3n) is 2.16. The van der Waals surface area contributed by atoms with Crippen LogP contribution in [-0.4, -0.2) is 0 Å². The van der Waals surface area contributed by atoms with Gasteiger partial charge in [-0.1, -0.05) is 19.1 Å². The van der Waals surface area contributed by atoms with E-state index >= 15 is 0 Å². The van der Waals surface area contributed by atoms with E-state index in [-0.39, 0.29) is 5.83 Å². The largest absolute Gasteiger partial charge is 0.212 e. The van der Waals surface area contributed by atoms with Crippen LogP contribution >= 0.6 is 0 Å². The lowest BCUT2D eigenvalue weighted by Crippen LogP contribution is -1.84. The lowest BCUT2D eigenvalue weighted by Gasteiger charge is -2.02. The highest BCUT2D eigenvalue weighted by Gasteiger charge is 2.02. The second kappa shape index (κ2) is 4.57. The molecule has 0 aromatic heterocycles. The van der Waals surface area contributed by atoms with Gasteiger partial charge in [-0.3, -0.25) is 0 Å². The van der Waals surface area contributed by atoms with Gasteiger partial charge in [0.15, 0.2) is 0 Å². The van der Waals surface area contributed by atoms with Gasteiger partial charge in [-0.05, 0) is 36.6 Å². The van der Waals surface area contributed by atoms with Crippen molar-refractivity contribution in [1.82, 2.24) is 0 Å². The molecule has 1 rings (SSSR count). The summed E-state index contributed by atoms with van der Waals surface area (Å²) in [6.45, 7) is 3.53. The molecule has 0 aliphatic heterocycles. The first kappa shape index (κ1) is 10.5. The van der Waals surface area contributed by atoms with Crippen molar-refractivity contribution in [1.29, 1.82) is 5.26 Å². The van der Waals surface area contributed by atoms with Gasteiger partial charge >= 0.3 is 0 Å².